The summed E-state index contributed by atoms with van der Waals surface area (Å²) < 4.78 is 0. The minimum absolute atomic E-state index is 0.705. The Kier molecular flexibility index (Phi) is 8.26. The highest BCUT2D eigenvalue weighted by molar-refractivity contribution is 4.74. The van der Waals surface area contributed by atoms with Gasteiger partial charge in [0, 0.05) is 12.1 Å². The van der Waals surface area contributed by atoms with E-state index in [-0.39, 0.29) is 0 Å². The Morgan fingerprint density at radius 3 is 2.00 bits per heavy atom. The molecule has 1 N–H and O–H groups in total. The summed E-state index contributed by atoms with van der Waals surface area (Å²) in [6.07, 6.45) is 6.54. The second kappa shape index (κ2) is 8.28. The molecule has 0 rings (SSSR count). The molecule has 0 saturated carbocycles. The molecular formula is C13H29N. The monoisotopic (exact) mass is 199 g/mol. The molecule has 0 aromatic heterocycles. The summed E-state index contributed by atoms with van der Waals surface area (Å²) >= 11 is 0. The topological polar surface area (TPSA) is 12.0 Å². The van der Waals surface area contributed by atoms with Crippen LogP contribution in [0.4, 0.5) is 0 Å². The van der Waals surface area contributed by atoms with Gasteiger partial charge in [0.2, 0.25) is 0 Å². The van der Waals surface area contributed by atoms with E-state index in [2.05, 4.69) is 39.9 Å². The predicted molar refractivity (Wildman–Crippen MR) is 65.7 cm³/mol. The van der Waals surface area contributed by atoms with Crippen molar-refractivity contribution in [1.29, 1.82) is 0 Å². The van der Waals surface area contributed by atoms with Gasteiger partial charge in [0.25, 0.3) is 0 Å². The van der Waals surface area contributed by atoms with E-state index in [1.54, 1.807) is 0 Å². The van der Waals surface area contributed by atoms with Crippen LogP contribution in [0.2, 0.25) is 0 Å². The maximum Gasteiger partial charge on any atom is 0.00900 e. The van der Waals surface area contributed by atoms with Crippen LogP contribution in [0.1, 0.15) is 66.7 Å². The average Bonchev–Trinajstić information content (AvgIpc) is 2.18. The molecule has 0 fully saturated rings. The zero-order chi connectivity index (χ0) is 11.0. The van der Waals surface area contributed by atoms with Gasteiger partial charge < -0.3 is 5.32 Å². The molecule has 0 spiro atoms. The third-order valence-electron chi connectivity index (χ3n) is 3.09. The quantitative estimate of drug-likeness (QED) is 0.623. The molecule has 0 bridgehead atoms. The van der Waals surface area contributed by atoms with Gasteiger partial charge in [-0.05, 0) is 25.2 Å². The smallest absolute Gasteiger partial charge is 0.00900 e. The van der Waals surface area contributed by atoms with E-state index in [1.807, 2.05) is 0 Å². The van der Waals surface area contributed by atoms with Crippen LogP contribution in [0, 0.1) is 5.92 Å². The molecule has 1 nitrogen and oxygen atoms in total. The fourth-order valence-electron chi connectivity index (χ4n) is 1.94. The van der Waals surface area contributed by atoms with Crippen molar-refractivity contribution < 1.29 is 0 Å². The Bertz CT molecular complexity index is 120. The number of hydrogen-bond acceptors (Lipinski definition) is 1. The van der Waals surface area contributed by atoms with Gasteiger partial charge in [-0.15, -0.1) is 0 Å². The Balaban J connectivity index is 3.87. The van der Waals surface area contributed by atoms with Gasteiger partial charge in [0.05, 0.1) is 0 Å². The normalized spacial score (nSPS) is 15.9. The summed E-state index contributed by atoms with van der Waals surface area (Å²) in [7, 11) is 0. The molecule has 86 valence electrons. The van der Waals surface area contributed by atoms with Crippen molar-refractivity contribution in [2.45, 2.75) is 78.8 Å². The Hall–Kier alpha value is -0.0400. The molecule has 0 aliphatic carbocycles. The standard InChI is InChI=1S/C13H29N/c1-6-9-10-12(7-2)14-13(8-3)11(4)5/h11-14H,6-10H2,1-5H3. The van der Waals surface area contributed by atoms with Crippen LogP contribution in [0.3, 0.4) is 0 Å². The van der Waals surface area contributed by atoms with Crippen molar-refractivity contribution in [3.05, 3.63) is 0 Å². The first-order valence-electron chi connectivity index (χ1n) is 6.41. The third-order valence-corrected chi connectivity index (χ3v) is 3.09. The van der Waals surface area contributed by atoms with Gasteiger partial charge in [-0.2, -0.15) is 0 Å². The molecule has 0 radical (unpaired) electrons. The lowest BCUT2D eigenvalue weighted by Gasteiger charge is -2.27. The first kappa shape index (κ1) is 14.0. The Morgan fingerprint density at radius 2 is 1.64 bits per heavy atom. The van der Waals surface area contributed by atoms with Gasteiger partial charge in [-0.1, -0.05) is 47.5 Å². The lowest BCUT2D eigenvalue weighted by Crippen LogP contribution is -2.40. The molecule has 0 aromatic carbocycles. The second-order valence-electron chi connectivity index (χ2n) is 4.67. The Morgan fingerprint density at radius 1 is 1.00 bits per heavy atom. The maximum absolute atomic E-state index is 3.79. The van der Waals surface area contributed by atoms with Crippen LogP contribution in [-0.2, 0) is 0 Å². The van der Waals surface area contributed by atoms with Crippen LogP contribution < -0.4 is 5.32 Å². The van der Waals surface area contributed by atoms with Gasteiger partial charge in [0.15, 0.2) is 0 Å². The third kappa shape index (κ3) is 5.64. The van der Waals surface area contributed by atoms with E-state index in [0.717, 1.165) is 12.0 Å². The lowest BCUT2D eigenvalue weighted by atomic mass is 9.98. The summed E-state index contributed by atoms with van der Waals surface area (Å²) in [4.78, 5) is 0. The largest absolute Gasteiger partial charge is 0.311 e. The van der Waals surface area contributed by atoms with Crippen molar-refractivity contribution >= 4 is 0 Å². The molecular weight excluding hydrogens is 170 g/mol. The van der Waals surface area contributed by atoms with Crippen LogP contribution >= 0.6 is 0 Å². The van der Waals surface area contributed by atoms with Crippen LogP contribution in [0.25, 0.3) is 0 Å². The molecule has 2 unspecified atom stereocenters. The highest BCUT2D eigenvalue weighted by Crippen LogP contribution is 2.11. The highest BCUT2D eigenvalue weighted by atomic mass is 14.9. The summed E-state index contributed by atoms with van der Waals surface area (Å²) in [5.41, 5.74) is 0. The van der Waals surface area contributed by atoms with E-state index in [0.29, 0.717) is 6.04 Å². The number of nitrogens with one attached hydrogen (secondary N) is 1. The molecule has 0 aliphatic heterocycles. The molecule has 14 heavy (non-hydrogen) atoms. The first-order valence-corrected chi connectivity index (χ1v) is 6.41. The van der Waals surface area contributed by atoms with Crippen molar-refractivity contribution in [2.75, 3.05) is 0 Å². The fourth-order valence-corrected chi connectivity index (χ4v) is 1.94. The minimum Gasteiger partial charge on any atom is -0.311 e. The summed E-state index contributed by atoms with van der Waals surface area (Å²) in [6.45, 7) is 11.5. The van der Waals surface area contributed by atoms with Crippen LogP contribution in [0.5, 0.6) is 0 Å². The van der Waals surface area contributed by atoms with E-state index < -0.39 is 0 Å². The summed E-state index contributed by atoms with van der Waals surface area (Å²) in [5.74, 6) is 0.760. The predicted octanol–water partition coefficient (Wildman–Crippen LogP) is 3.98. The summed E-state index contributed by atoms with van der Waals surface area (Å²) in [5, 5.41) is 3.79. The minimum atomic E-state index is 0.705. The number of unbranched alkanes of at least 4 members (excludes halogenated alkanes) is 1. The Labute approximate surface area is 90.7 Å². The maximum atomic E-state index is 3.79. The summed E-state index contributed by atoms with van der Waals surface area (Å²) in [6, 6.07) is 1.44. The fraction of sp³-hybridized carbons (Fsp3) is 1.00. The van der Waals surface area contributed by atoms with E-state index in [1.165, 1.54) is 32.1 Å². The number of hydrogen-bond donors (Lipinski definition) is 1. The van der Waals surface area contributed by atoms with Gasteiger partial charge in [-0.3, -0.25) is 0 Å². The average molecular weight is 199 g/mol. The molecule has 0 saturated heterocycles. The zero-order valence-corrected chi connectivity index (χ0v) is 10.8. The first-order chi connectivity index (χ1) is 6.65. The molecule has 1 heteroatoms. The van der Waals surface area contributed by atoms with Crippen LogP contribution in [-0.4, -0.2) is 12.1 Å². The molecule has 2 atom stereocenters. The van der Waals surface area contributed by atoms with Gasteiger partial charge in [-0.25, -0.2) is 0 Å². The lowest BCUT2D eigenvalue weighted by molar-refractivity contribution is 0.323. The second-order valence-corrected chi connectivity index (χ2v) is 4.67. The van der Waals surface area contributed by atoms with Gasteiger partial charge in [0.1, 0.15) is 0 Å². The zero-order valence-electron chi connectivity index (χ0n) is 10.8. The van der Waals surface area contributed by atoms with Crippen molar-refractivity contribution in [1.82, 2.24) is 5.32 Å². The molecule has 0 amide bonds. The highest BCUT2D eigenvalue weighted by Gasteiger charge is 2.14. The SMILES string of the molecule is CCCCC(CC)NC(CC)C(C)C. The van der Waals surface area contributed by atoms with Crippen LogP contribution in [0.15, 0.2) is 0 Å². The van der Waals surface area contributed by atoms with E-state index in [9.17, 15) is 0 Å². The number of rotatable bonds is 8. The van der Waals surface area contributed by atoms with E-state index in [4.69, 9.17) is 0 Å². The van der Waals surface area contributed by atoms with Crippen molar-refractivity contribution in [2.24, 2.45) is 5.92 Å². The van der Waals surface area contributed by atoms with Gasteiger partial charge >= 0.3 is 0 Å². The van der Waals surface area contributed by atoms with E-state index >= 15 is 0 Å². The molecule has 0 aromatic rings. The van der Waals surface area contributed by atoms with Crippen molar-refractivity contribution in [3.63, 3.8) is 0 Å². The molecule has 0 aliphatic rings. The molecule has 0 heterocycles. The van der Waals surface area contributed by atoms with Crippen molar-refractivity contribution in [3.8, 4) is 0 Å².